The Labute approximate surface area is 226 Å². The van der Waals surface area contributed by atoms with E-state index >= 15 is 0 Å². The van der Waals surface area contributed by atoms with Crippen LogP contribution in [0.3, 0.4) is 0 Å². The highest BCUT2D eigenvalue weighted by Gasteiger charge is 2.31. The Balaban J connectivity index is 0.000000330. The van der Waals surface area contributed by atoms with Crippen LogP contribution >= 0.6 is 11.6 Å². The van der Waals surface area contributed by atoms with E-state index in [0.717, 1.165) is 38.4 Å². The molecule has 4 rings (SSSR count). The van der Waals surface area contributed by atoms with E-state index in [-0.39, 0.29) is 35.0 Å². The van der Waals surface area contributed by atoms with E-state index in [2.05, 4.69) is 17.3 Å². The lowest BCUT2D eigenvalue weighted by Crippen LogP contribution is -2.43. The van der Waals surface area contributed by atoms with Crippen LogP contribution in [0.25, 0.3) is 0 Å². The van der Waals surface area contributed by atoms with Crippen molar-refractivity contribution in [3.63, 3.8) is 0 Å². The van der Waals surface area contributed by atoms with E-state index < -0.39 is 0 Å². The summed E-state index contributed by atoms with van der Waals surface area (Å²) in [7, 11) is 1.68. The number of benzene rings is 1. The van der Waals surface area contributed by atoms with E-state index in [1.807, 2.05) is 49.1 Å². The molecule has 37 heavy (non-hydrogen) atoms. The normalized spacial score (nSPS) is 18.1. The molecule has 8 nitrogen and oxygen atoms in total. The number of rotatable bonds is 7. The highest BCUT2D eigenvalue weighted by molar-refractivity contribution is 6.32. The van der Waals surface area contributed by atoms with Crippen LogP contribution in [0.2, 0.25) is 5.02 Å². The summed E-state index contributed by atoms with van der Waals surface area (Å²) in [5.41, 5.74) is 1.23. The quantitative estimate of drug-likeness (QED) is 0.473. The molecule has 0 radical (unpaired) electrons. The van der Waals surface area contributed by atoms with Crippen LogP contribution < -0.4 is 10.9 Å². The number of anilines is 1. The number of carbonyl (C=O) groups excluding carboxylic acids is 1. The van der Waals surface area contributed by atoms with Crippen LogP contribution in [0.4, 0.5) is 5.69 Å². The molecule has 0 aliphatic carbocycles. The van der Waals surface area contributed by atoms with Crippen molar-refractivity contribution in [2.75, 3.05) is 45.3 Å². The van der Waals surface area contributed by atoms with Gasteiger partial charge in [-0.05, 0) is 51.5 Å². The molecule has 2 atom stereocenters. The summed E-state index contributed by atoms with van der Waals surface area (Å²) in [6.45, 7) is 10.5. The highest BCUT2D eigenvalue weighted by atomic mass is 35.5. The number of amides is 1. The minimum absolute atomic E-state index is 0.00888. The summed E-state index contributed by atoms with van der Waals surface area (Å²) >= 11 is 6.08. The molecule has 0 saturated carbocycles. The smallest absolute Gasteiger partial charge is 0.287 e. The van der Waals surface area contributed by atoms with Gasteiger partial charge in [0.05, 0.1) is 24.0 Å². The van der Waals surface area contributed by atoms with Gasteiger partial charge in [-0.1, -0.05) is 48.9 Å². The average molecular weight is 535 g/mol. The van der Waals surface area contributed by atoms with E-state index in [1.165, 1.54) is 30.1 Å². The average Bonchev–Trinajstić information content (AvgIpc) is 2.95. The Bertz CT molecular complexity index is 966. The lowest BCUT2D eigenvalue weighted by atomic mass is 9.99. The van der Waals surface area contributed by atoms with Crippen LogP contribution in [0.5, 0.6) is 0 Å². The zero-order valence-corrected chi connectivity index (χ0v) is 23.5. The van der Waals surface area contributed by atoms with E-state index in [0.29, 0.717) is 18.7 Å². The Kier molecular flexibility index (Phi) is 14.3. The van der Waals surface area contributed by atoms with Gasteiger partial charge in [0.15, 0.2) is 0 Å². The Morgan fingerprint density at radius 1 is 1.16 bits per heavy atom. The second kappa shape index (κ2) is 17.2. The minimum atomic E-state index is -0.365. The van der Waals surface area contributed by atoms with Gasteiger partial charge in [0.1, 0.15) is 5.02 Å². The van der Waals surface area contributed by atoms with Gasteiger partial charge in [-0.15, -0.1) is 0 Å². The number of ether oxygens (including phenoxy) is 2. The number of hydrogen-bond donors (Lipinski definition) is 1. The zero-order chi connectivity index (χ0) is 27.0. The number of nitrogens with one attached hydrogen (secondary N) is 1. The van der Waals surface area contributed by atoms with Crippen molar-refractivity contribution in [2.45, 2.75) is 71.4 Å². The van der Waals surface area contributed by atoms with Gasteiger partial charge in [0.25, 0.3) is 5.56 Å². The predicted octanol–water partition coefficient (Wildman–Crippen LogP) is 5.48. The van der Waals surface area contributed by atoms with Crippen molar-refractivity contribution in [3.05, 3.63) is 57.5 Å². The third kappa shape index (κ3) is 9.76. The van der Waals surface area contributed by atoms with E-state index in [4.69, 9.17) is 21.1 Å². The lowest BCUT2D eigenvalue weighted by Gasteiger charge is -2.36. The Morgan fingerprint density at radius 3 is 2.35 bits per heavy atom. The minimum Gasteiger partial charge on any atom is -0.385 e. The topological polar surface area (TPSA) is 85.7 Å². The van der Waals surface area contributed by atoms with Crippen LogP contribution in [0.15, 0.2) is 41.3 Å². The molecule has 9 heteroatoms. The number of hydrogen-bond acceptors (Lipinski definition) is 6. The van der Waals surface area contributed by atoms with Crippen molar-refractivity contribution < 1.29 is 14.3 Å². The molecule has 1 aromatic carbocycles. The van der Waals surface area contributed by atoms with E-state index in [1.54, 1.807) is 7.05 Å². The molecule has 2 aromatic rings. The van der Waals surface area contributed by atoms with Gasteiger partial charge in [-0.25, -0.2) is 4.68 Å². The first-order valence-corrected chi connectivity index (χ1v) is 13.8. The summed E-state index contributed by atoms with van der Waals surface area (Å²) < 4.78 is 11.4. The Morgan fingerprint density at radius 2 is 1.86 bits per heavy atom. The van der Waals surface area contributed by atoms with Crippen LogP contribution in [-0.2, 0) is 14.3 Å². The van der Waals surface area contributed by atoms with Crippen molar-refractivity contribution in [3.8, 4) is 0 Å². The molecule has 0 spiro atoms. The zero-order valence-electron chi connectivity index (χ0n) is 22.7. The fourth-order valence-corrected chi connectivity index (χ4v) is 4.45. The molecule has 2 aliphatic heterocycles. The van der Waals surface area contributed by atoms with Gasteiger partial charge in [-0.2, -0.15) is 5.10 Å². The van der Waals surface area contributed by atoms with Crippen molar-refractivity contribution >= 4 is 23.2 Å². The summed E-state index contributed by atoms with van der Waals surface area (Å²) in [5, 5.41) is 7.12. The first kappa shape index (κ1) is 30.8. The maximum Gasteiger partial charge on any atom is 0.287 e. The summed E-state index contributed by atoms with van der Waals surface area (Å²) in [6, 6.07) is 9.69. The van der Waals surface area contributed by atoms with Crippen LogP contribution in [0, 0.1) is 0 Å². The largest absolute Gasteiger partial charge is 0.385 e. The predicted molar refractivity (Wildman–Crippen MR) is 149 cm³/mol. The molecule has 2 unspecified atom stereocenters. The number of nitrogens with zero attached hydrogens (tertiary/aromatic N) is 3. The molecule has 3 heterocycles. The van der Waals surface area contributed by atoms with Gasteiger partial charge < -0.3 is 19.7 Å². The number of halogens is 1. The monoisotopic (exact) mass is 534 g/mol. The standard InChI is InChI=1S/C18H21ClN4O2.C5H10O.C5H12O/c1-12(13-6-4-3-5-7-13)22-9-8-14(10-16(22)24)23-18(25)17(19)15(20-2)11-21-23;1-2-4-6-5-3-1;1-3-5-6-4-2/h3-7,11-12,14,20H,8-10H2,1-2H3;1-5H2;3-5H2,1-2H3. The molecule has 2 fully saturated rings. The maximum absolute atomic E-state index is 12.6. The fraction of sp³-hybridized carbons (Fsp3) is 0.607. The highest BCUT2D eigenvalue weighted by Crippen LogP contribution is 2.29. The van der Waals surface area contributed by atoms with Crippen molar-refractivity contribution in [2.24, 2.45) is 0 Å². The molecule has 1 N–H and O–H groups in total. The Hall–Kier alpha value is -2.42. The lowest BCUT2D eigenvalue weighted by molar-refractivity contribution is -0.137. The molecule has 206 valence electrons. The molecule has 1 aromatic heterocycles. The third-order valence-corrected chi connectivity index (χ3v) is 6.74. The number of aromatic nitrogens is 2. The second-order valence-corrected chi connectivity index (χ2v) is 9.44. The van der Waals surface area contributed by atoms with E-state index in [9.17, 15) is 9.59 Å². The molecular formula is C28H43ClN4O4. The molecule has 2 aliphatic rings. The van der Waals surface area contributed by atoms with Gasteiger partial charge >= 0.3 is 0 Å². The summed E-state index contributed by atoms with van der Waals surface area (Å²) in [4.78, 5) is 26.9. The van der Waals surface area contributed by atoms with Crippen LogP contribution in [-0.4, -0.2) is 60.6 Å². The SMILES string of the molecule is C1CCOCC1.CCCOCC.CNc1cnn(C2CCN(C(C)c3ccccc3)C(=O)C2)c(=O)c1Cl. The van der Waals surface area contributed by atoms with Crippen molar-refractivity contribution in [1.29, 1.82) is 0 Å². The number of carbonyl (C=O) groups is 1. The summed E-state index contributed by atoms with van der Waals surface area (Å²) in [5.74, 6) is 0.0233. The van der Waals surface area contributed by atoms with Crippen LogP contribution in [0.1, 0.15) is 76.9 Å². The molecular weight excluding hydrogens is 492 g/mol. The molecule has 2 saturated heterocycles. The van der Waals surface area contributed by atoms with Gasteiger partial charge in [0.2, 0.25) is 5.91 Å². The number of likely N-dealkylation sites (tertiary alicyclic amines) is 1. The fourth-order valence-electron chi connectivity index (χ4n) is 4.22. The van der Waals surface area contributed by atoms with Crippen molar-refractivity contribution in [1.82, 2.24) is 14.7 Å². The first-order valence-electron chi connectivity index (χ1n) is 13.4. The third-order valence-electron chi connectivity index (χ3n) is 6.37. The molecule has 1 amide bonds. The van der Waals surface area contributed by atoms with Gasteiger partial charge in [-0.3, -0.25) is 9.59 Å². The maximum atomic E-state index is 12.6. The second-order valence-electron chi connectivity index (χ2n) is 9.06. The first-order chi connectivity index (χ1) is 17.9. The number of piperidine rings is 1. The van der Waals surface area contributed by atoms with Gasteiger partial charge in [0, 0.05) is 46.4 Å². The summed E-state index contributed by atoms with van der Waals surface area (Å²) in [6.07, 6.45) is 7.51. The molecule has 0 bridgehead atoms.